The standard InChI is InChI=1S/C18H17NO2/c1-2-18(12-13-8-4-3-5-9-13)16(20)14-10-6-7-11-15(14)19-17(18)21/h3-11H,2,12H2,1H3,(H,19,21). The van der Waals surface area contributed by atoms with Crippen molar-refractivity contribution in [2.24, 2.45) is 5.41 Å². The largest absolute Gasteiger partial charge is 0.325 e. The number of Topliss-reactive ketones (excluding diaryl/α,β-unsaturated/α-hetero) is 1. The molecule has 1 aliphatic heterocycles. The molecule has 2 aromatic rings. The Hall–Kier alpha value is -2.42. The summed E-state index contributed by atoms with van der Waals surface area (Å²) in [6, 6.07) is 16.9. The molecule has 0 saturated carbocycles. The lowest BCUT2D eigenvalue weighted by Gasteiger charge is -2.34. The van der Waals surface area contributed by atoms with Crippen LogP contribution in [0.3, 0.4) is 0 Å². The first kappa shape index (κ1) is 13.6. The number of nitrogens with one attached hydrogen (secondary N) is 1. The van der Waals surface area contributed by atoms with E-state index in [9.17, 15) is 9.59 Å². The number of hydrogen-bond acceptors (Lipinski definition) is 2. The highest BCUT2D eigenvalue weighted by Gasteiger charge is 2.48. The van der Waals surface area contributed by atoms with Crippen molar-refractivity contribution in [3.8, 4) is 0 Å². The van der Waals surface area contributed by atoms with E-state index < -0.39 is 5.41 Å². The van der Waals surface area contributed by atoms with E-state index in [1.807, 2.05) is 49.4 Å². The van der Waals surface area contributed by atoms with Crippen LogP contribution >= 0.6 is 0 Å². The SMILES string of the molecule is CCC1(Cc2ccccc2)C(=O)Nc2ccccc2C1=O. The minimum atomic E-state index is -1.00. The lowest BCUT2D eigenvalue weighted by Crippen LogP contribution is -2.48. The zero-order valence-electron chi connectivity index (χ0n) is 11.9. The summed E-state index contributed by atoms with van der Waals surface area (Å²) in [6.45, 7) is 1.90. The molecule has 1 atom stereocenters. The summed E-state index contributed by atoms with van der Waals surface area (Å²) in [5.41, 5.74) is 1.22. The van der Waals surface area contributed by atoms with E-state index in [1.165, 1.54) is 0 Å². The molecule has 3 rings (SSSR count). The first-order chi connectivity index (χ1) is 10.2. The molecule has 0 aromatic heterocycles. The Morgan fingerprint density at radius 1 is 0.952 bits per heavy atom. The van der Waals surface area contributed by atoms with Crippen molar-refractivity contribution < 1.29 is 9.59 Å². The number of anilines is 1. The van der Waals surface area contributed by atoms with Gasteiger partial charge in [0.1, 0.15) is 5.41 Å². The third-order valence-corrected chi connectivity index (χ3v) is 4.24. The van der Waals surface area contributed by atoms with Crippen LogP contribution in [0.15, 0.2) is 54.6 Å². The molecule has 0 bridgehead atoms. The van der Waals surface area contributed by atoms with E-state index in [-0.39, 0.29) is 11.7 Å². The van der Waals surface area contributed by atoms with Crippen LogP contribution in [0.2, 0.25) is 0 Å². The molecular formula is C18H17NO2. The minimum absolute atomic E-state index is 0.0757. The third kappa shape index (κ3) is 2.15. The molecule has 0 saturated heterocycles. The molecule has 3 heteroatoms. The van der Waals surface area contributed by atoms with Gasteiger partial charge < -0.3 is 5.32 Å². The van der Waals surface area contributed by atoms with Crippen LogP contribution in [0, 0.1) is 5.41 Å². The molecule has 0 aliphatic carbocycles. The summed E-state index contributed by atoms with van der Waals surface area (Å²) in [5, 5.41) is 2.89. The first-order valence-electron chi connectivity index (χ1n) is 7.16. The third-order valence-electron chi connectivity index (χ3n) is 4.24. The van der Waals surface area contributed by atoms with Crippen LogP contribution in [0.25, 0.3) is 0 Å². The molecule has 1 amide bonds. The van der Waals surface area contributed by atoms with Crippen LogP contribution in [0.4, 0.5) is 5.69 Å². The first-order valence-corrected chi connectivity index (χ1v) is 7.16. The number of ketones is 1. The fraction of sp³-hybridized carbons (Fsp3) is 0.222. The topological polar surface area (TPSA) is 46.2 Å². The second kappa shape index (κ2) is 5.17. The van der Waals surface area contributed by atoms with Crippen LogP contribution in [-0.2, 0) is 11.2 Å². The van der Waals surface area contributed by atoms with Gasteiger partial charge in [0.2, 0.25) is 5.91 Å². The maximum Gasteiger partial charge on any atom is 0.238 e. The fourth-order valence-electron chi connectivity index (χ4n) is 2.94. The zero-order chi connectivity index (χ0) is 14.9. The van der Waals surface area contributed by atoms with Crippen LogP contribution in [-0.4, -0.2) is 11.7 Å². The molecule has 0 radical (unpaired) electrons. The van der Waals surface area contributed by atoms with E-state index in [0.29, 0.717) is 24.1 Å². The second-order valence-corrected chi connectivity index (χ2v) is 5.43. The second-order valence-electron chi connectivity index (χ2n) is 5.43. The van der Waals surface area contributed by atoms with Gasteiger partial charge >= 0.3 is 0 Å². The fourth-order valence-corrected chi connectivity index (χ4v) is 2.94. The van der Waals surface area contributed by atoms with Crippen molar-refractivity contribution in [1.29, 1.82) is 0 Å². The van der Waals surface area contributed by atoms with Crippen molar-refractivity contribution in [1.82, 2.24) is 0 Å². The van der Waals surface area contributed by atoms with Crippen LogP contribution < -0.4 is 5.32 Å². The van der Waals surface area contributed by atoms with Crippen molar-refractivity contribution >= 4 is 17.4 Å². The number of carbonyl (C=O) groups is 2. The van der Waals surface area contributed by atoms with E-state index in [4.69, 9.17) is 0 Å². The quantitative estimate of drug-likeness (QED) is 0.875. The highest BCUT2D eigenvalue weighted by Crippen LogP contribution is 2.38. The predicted molar refractivity (Wildman–Crippen MR) is 82.3 cm³/mol. The predicted octanol–water partition coefficient (Wildman–Crippen LogP) is 3.46. The molecule has 0 spiro atoms. The maximum atomic E-state index is 12.9. The Balaban J connectivity index is 2.06. The summed E-state index contributed by atoms with van der Waals surface area (Å²) in [6.07, 6.45) is 0.921. The zero-order valence-corrected chi connectivity index (χ0v) is 11.9. The summed E-state index contributed by atoms with van der Waals surface area (Å²) < 4.78 is 0. The number of para-hydroxylation sites is 1. The normalized spacial score (nSPS) is 20.8. The Morgan fingerprint density at radius 3 is 2.33 bits per heavy atom. The van der Waals surface area contributed by atoms with Gasteiger partial charge in [0.25, 0.3) is 0 Å². The molecule has 0 fully saturated rings. The van der Waals surface area contributed by atoms with E-state index in [2.05, 4.69) is 5.32 Å². The number of rotatable bonds is 3. The molecule has 21 heavy (non-hydrogen) atoms. The monoisotopic (exact) mass is 279 g/mol. The van der Waals surface area contributed by atoms with Gasteiger partial charge in [-0.25, -0.2) is 0 Å². The summed E-state index contributed by atoms with van der Waals surface area (Å²) in [4.78, 5) is 25.5. The van der Waals surface area contributed by atoms with Gasteiger partial charge in [-0.1, -0.05) is 49.4 Å². The van der Waals surface area contributed by atoms with E-state index >= 15 is 0 Å². The molecule has 3 nitrogen and oxygen atoms in total. The van der Waals surface area contributed by atoms with E-state index in [0.717, 1.165) is 5.56 Å². The van der Waals surface area contributed by atoms with Crippen molar-refractivity contribution in [2.45, 2.75) is 19.8 Å². The van der Waals surface area contributed by atoms with Gasteiger partial charge in [-0.15, -0.1) is 0 Å². The van der Waals surface area contributed by atoms with Gasteiger partial charge in [0.05, 0.1) is 5.69 Å². The molecule has 1 aliphatic rings. The highest BCUT2D eigenvalue weighted by molar-refractivity contribution is 6.24. The molecule has 2 aromatic carbocycles. The summed E-state index contributed by atoms with van der Waals surface area (Å²) >= 11 is 0. The van der Waals surface area contributed by atoms with Gasteiger partial charge in [-0.3, -0.25) is 9.59 Å². The van der Waals surface area contributed by atoms with Crippen molar-refractivity contribution in [3.05, 3.63) is 65.7 Å². The average molecular weight is 279 g/mol. The van der Waals surface area contributed by atoms with Gasteiger partial charge in [-0.05, 0) is 30.5 Å². The van der Waals surface area contributed by atoms with Gasteiger partial charge in [0, 0.05) is 5.56 Å². The number of benzene rings is 2. The minimum Gasteiger partial charge on any atom is -0.325 e. The maximum absolute atomic E-state index is 12.9. The number of fused-ring (bicyclic) bond motifs is 1. The molecule has 106 valence electrons. The lowest BCUT2D eigenvalue weighted by atomic mass is 9.70. The smallest absolute Gasteiger partial charge is 0.238 e. The molecule has 1 heterocycles. The van der Waals surface area contributed by atoms with Gasteiger partial charge in [0.15, 0.2) is 5.78 Å². The molecular weight excluding hydrogens is 262 g/mol. The highest BCUT2D eigenvalue weighted by atomic mass is 16.2. The Bertz CT molecular complexity index is 693. The Labute approximate surface area is 124 Å². The Kier molecular flexibility index (Phi) is 3.34. The Morgan fingerprint density at radius 2 is 1.62 bits per heavy atom. The summed E-state index contributed by atoms with van der Waals surface area (Å²) in [7, 11) is 0. The number of amides is 1. The van der Waals surface area contributed by atoms with Crippen molar-refractivity contribution in [3.63, 3.8) is 0 Å². The average Bonchev–Trinajstić information content (AvgIpc) is 2.52. The molecule has 1 N–H and O–H groups in total. The van der Waals surface area contributed by atoms with E-state index in [1.54, 1.807) is 12.1 Å². The van der Waals surface area contributed by atoms with Crippen molar-refractivity contribution in [2.75, 3.05) is 5.32 Å². The lowest BCUT2D eigenvalue weighted by molar-refractivity contribution is -0.123. The number of carbonyl (C=O) groups excluding carboxylic acids is 2. The summed E-state index contributed by atoms with van der Waals surface area (Å²) in [5.74, 6) is -0.272. The van der Waals surface area contributed by atoms with Crippen LogP contribution in [0.1, 0.15) is 29.3 Å². The van der Waals surface area contributed by atoms with Gasteiger partial charge in [-0.2, -0.15) is 0 Å². The number of hydrogen-bond donors (Lipinski definition) is 1. The molecule has 1 unspecified atom stereocenters. The van der Waals surface area contributed by atoms with Crippen LogP contribution in [0.5, 0.6) is 0 Å².